The van der Waals surface area contributed by atoms with Crippen molar-refractivity contribution >= 4 is 17.9 Å². The summed E-state index contributed by atoms with van der Waals surface area (Å²) in [5.41, 5.74) is 0. The SMILES string of the molecule is CC/C=C/C/C=C/C/C=C/CCCCC(=O)OC(COCCC(C(=O)O)[N+](C)(C)C)COC(=O)CCCCCCC/C=C/C/C=C/C/C=C/C/C=C/CCCCC. The molecular formula is C49H82NO7+. The topological polar surface area (TPSA) is 99.1 Å². The number of carbonyl (C=O) groups excluding carboxylic acids is 2. The number of unbranched alkanes of at least 4 members (excludes halogenated alkanes) is 10. The number of quaternary nitrogens is 1. The predicted molar refractivity (Wildman–Crippen MR) is 238 cm³/mol. The van der Waals surface area contributed by atoms with E-state index in [2.05, 4.69) is 98.9 Å². The van der Waals surface area contributed by atoms with Crippen LogP contribution < -0.4 is 0 Å². The molecule has 0 amide bonds. The molecule has 0 saturated carbocycles. The maximum atomic E-state index is 12.7. The van der Waals surface area contributed by atoms with Crippen LogP contribution in [0, 0.1) is 0 Å². The Bertz CT molecular complexity index is 1200. The van der Waals surface area contributed by atoms with Crippen LogP contribution >= 0.6 is 0 Å². The van der Waals surface area contributed by atoms with E-state index >= 15 is 0 Å². The van der Waals surface area contributed by atoms with E-state index in [1.807, 2.05) is 21.1 Å². The fraction of sp³-hybridized carbons (Fsp3) is 0.653. The molecule has 1 N–H and O–H groups in total. The van der Waals surface area contributed by atoms with Crippen molar-refractivity contribution in [1.29, 1.82) is 0 Å². The second kappa shape index (κ2) is 39.3. The van der Waals surface area contributed by atoms with Crippen LogP contribution in [0.1, 0.15) is 155 Å². The van der Waals surface area contributed by atoms with Crippen molar-refractivity contribution in [2.45, 2.75) is 167 Å². The molecule has 0 heterocycles. The maximum Gasteiger partial charge on any atom is 0.362 e. The molecule has 2 unspecified atom stereocenters. The van der Waals surface area contributed by atoms with Crippen LogP contribution in [0.25, 0.3) is 0 Å². The number of carbonyl (C=O) groups is 3. The summed E-state index contributed by atoms with van der Waals surface area (Å²) in [4.78, 5) is 36.9. The summed E-state index contributed by atoms with van der Waals surface area (Å²) in [6, 6.07) is -0.629. The number of hydrogen-bond donors (Lipinski definition) is 1. The highest BCUT2D eigenvalue weighted by Gasteiger charge is 2.31. The second-order valence-corrected chi connectivity index (χ2v) is 15.6. The molecule has 0 aliphatic rings. The smallest absolute Gasteiger partial charge is 0.362 e. The number of esters is 2. The van der Waals surface area contributed by atoms with Crippen molar-refractivity contribution < 1.29 is 38.2 Å². The van der Waals surface area contributed by atoms with Crippen molar-refractivity contribution in [1.82, 2.24) is 0 Å². The minimum atomic E-state index is -0.888. The van der Waals surface area contributed by atoms with Gasteiger partial charge in [0.1, 0.15) is 6.61 Å². The van der Waals surface area contributed by atoms with Crippen LogP contribution in [0.2, 0.25) is 0 Å². The third-order valence-electron chi connectivity index (χ3n) is 9.28. The summed E-state index contributed by atoms with van der Waals surface area (Å²) < 4.78 is 17.2. The van der Waals surface area contributed by atoms with E-state index < -0.39 is 18.1 Å². The molecule has 0 aromatic carbocycles. The van der Waals surface area contributed by atoms with Crippen molar-refractivity contribution in [3.05, 3.63) is 85.1 Å². The quantitative estimate of drug-likeness (QED) is 0.0287. The first-order valence-electron chi connectivity index (χ1n) is 22.1. The zero-order chi connectivity index (χ0) is 42.1. The summed E-state index contributed by atoms with van der Waals surface area (Å²) >= 11 is 0. The lowest BCUT2D eigenvalue weighted by Crippen LogP contribution is -2.50. The fourth-order valence-electron chi connectivity index (χ4n) is 5.85. The molecule has 8 heteroatoms. The molecule has 0 bridgehead atoms. The Morgan fingerprint density at radius 1 is 0.544 bits per heavy atom. The number of hydrogen-bond acceptors (Lipinski definition) is 6. The zero-order valence-electron chi connectivity index (χ0n) is 36.8. The van der Waals surface area contributed by atoms with E-state index in [0.717, 1.165) is 89.9 Å². The second-order valence-electron chi connectivity index (χ2n) is 15.6. The molecule has 0 aliphatic heterocycles. The number of allylic oxidation sites excluding steroid dienone is 14. The summed E-state index contributed by atoms with van der Waals surface area (Å²) in [7, 11) is 5.49. The minimum absolute atomic E-state index is 0.0342. The molecule has 0 fully saturated rings. The van der Waals surface area contributed by atoms with Crippen LogP contribution in [0.5, 0.6) is 0 Å². The van der Waals surface area contributed by atoms with E-state index in [1.54, 1.807) is 0 Å². The Kier molecular flexibility index (Phi) is 36.9. The number of likely N-dealkylation sites (N-methyl/N-ethyl adjacent to an activating group) is 1. The van der Waals surface area contributed by atoms with Gasteiger partial charge in [0.15, 0.2) is 12.1 Å². The van der Waals surface area contributed by atoms with Gasteiger partial charge in [-0.25, -0.2) is 4.79 Å². The van der Waals surface area contributed by atoms with E-state index in [9.17, 15) is 19.5 Å². The van der Waals surface area contributed by atoms with Gasteiger partial charge in [0, 0.05) is 19.3 Å². The lowest BCUT2D eigenvalue weighted by atomic mass is 10.1. The Balaban J connectivity index is 4.39. The standard InChI is InChI=1S/C49H81NO7/c1-6-8-10-12-14-16-18-20-21-22-23-24-25-26-27-28-30-31-33-35-37-39-47(51)56-44-45(43-55-42-41-46(49(53)54)50(3,4)5)57-48(52)40-38-36-34-32-29-19-17-15-13-11-9-7-2/h9,11,14-17,20-21,23-24,26-27,29,32,45-46H,6-8,10,12-13,18-19,22,25,28,30-31,33-44H2,1-5H3/p+1/b11-9+,16-14+,17-15+,21-20+,24-23+,27-26+,32-29+. The van der Waals surface area contributed by atoms with Crippen molar-refractivity contribution in [3.63, 3.8) is 0 Å². The molecule has 0 aromatic rings. The van der Waals surface area contributed by atoms with E-state index in [-0.39, 0.29) is 42.7 Å². The van der Waals surface area contributed by atoms with Gasteiger partial charge in [-0.1, -0.05) is 131 Å². The normalized spacial score (nSPS) is 13.8. The Morgan fingerprint density at radius 2 is 0.982 bits per heavy atom. The van der Waals surface area contributed by atoms with Crippen LogP contribution in [0.4, 0.5) is 0 Å². The molecule has 324 valence electrons. The zero-order valence-corrected chi connectivity index (χ0v) is 36.8. The number of carboxylic acid groups (broad SMARTS) is 1. The van der Waals surface area contributed by atoms with E-state index in [1.165, 1.54) is 25.7 Å². The first-order chi connectivity index (χ1) is 27.6. The molecule has 0 aromatic heterocycles. The van der Waals surface area contributed by atoms with Crippen molar-refractivity contribution in [2.24, 2.45) is 0 Å². The number of carboxylic acids is 1. The van der Waals surface area contributed by atoms with Gasteiger partial charge >= 0.3 is 17.9 Å². The molecule has 57 heavy (non-hydrogen) atoms. The highest BCUT2D eigenvalue weighted by atomic mass is 16.6. The summed E-state index contributed by atoms with van der Waals surface area (Å²) in [6.07, 6.45) is 50.6. The number of aliphatic carboxylic acids is 1. The lowest BCUT2D eigenvalue weighted by molar-refractivity contribution is -0.887. The molecule has 0 spiro atoms. The molecule has 0 saturated heterocycles. The largest absolute Gasteiger partial charge is 0.477 e. The van der Waals surface area contributed by atoms with Crippen LogP contribution in [-0.4, -0.2) is 80.6 Å². The molecular weight excluding hydrogens is 715 g/mol. The summed E-state index contributed by atoms with van der Waals surface area (Å²) in [5, 5.41) is 9.61. The highest BCUT2D eigenvalue weighted by molar-refractivity contribution is 5.72. The first-order valence-corrected chi connectivity index (χ1v) is 22.1. The monoisotopic (exact) mass is 797 g/mol. The van der Waals surface area contributed by atoms with Gasteiger partial charge in [-0.15, -0.1) is 0 Å². The predicted octanol–water partition coefficient (Wildman–Crippen LogP) is 12.1. The molecule has 8 nitrogen and oxygen atoms in total. The van der Waals surface area contributed by atoms with Crippen LogP contribution in [0.15, 0.2) is 85.1 Å². The Hall–Kier alpha value is -3.49. The fourth-order valence-corrected chi connectivity index (χ4v) is 5.85. The molecule has 0 radical (unpaired) electrons. The average molecular weight is 797 g/mol. The molecule has 2 atom stereocenters. The van der Waals surface area contributed by atoms with E-state index in [0.29, 0.717) is 19.3 Å². The molecule has 0 aliphatic carbocycles. The van der Waals surface area contributed by atoms with Crippen LogP contribution in [0.3, 0.4) is 0 Å². The average Bonchev–Trinajstić information content (AvgIpc) is 3.17. The summed E-state index contributed by atoms with van der Waals surface area (Å²) in [6.45, 7) is 4.50. The third-order valence-corrected chi connectivity index (χ3v) is 9.28. The van der Waals surface area contributed by atoms with E-state index in [4.69, 9.17) is 14.2 Å². The van der Waals surface area contributed by atoms with Gasteiger partial charge in [0.2, 0.25) is 0 Å². The summed E-state index contributed by atoms with van der Waals surface area (Å²) in [5.74, 6) is -1.56. The van der Waals surface area contributed by atoms with Gasteiger partial charge in [0.05, 0.1) is 34.4 Å². The Labute approximate surface area is 348 Å². The van der Waals surface area contributed by atoms with Gasteiger partial charge < -0.3 is 23.8 Å². The van der Waals surface area contributed by atoms with Crippen LogP contribution in [-0.2, 0) is 28.6 Å². The van der Waals surface area contributed by atoms with Gasteiger partial charge in [0.25, 0.3) is 0 Å². The third kappa shape index (κ3) is 37.8. The number of ether oxygens (including phenoxy) is 3. The minimum Gasteiger partial charge on any atom is -0.477 e. The highest BCUT2D eigenvalue weighted by Crippen LogP contribution is 2.12. The maximum absolute atomic E-state index is 12.7. The number of rotatable bonds is 38. The first kappa shape index (κ1) is 53.5. The lowest BCUT2D eigenvalue weighted by Gasteiger charge is -2.31. The molecule has 0 rings (SSSR count). The number of nitrogens with zero attached hydrogens (tertiary/aromatic N) is 1. The van der Waals surface area contributed by atoms with Gasteiger partial charge in [-0.3, -0.25) is 9.59 Å². The van der Waals surface area contributed by atoms with Crippen molar-refractivity contribution in [2.75, 3.05) is 41.0 Å². The Morgan fingerprint density at radius 3 is 1.49 bits per heavy atom. The van der Waals surface area contributed by atoms with Gasteiger partial charge in [-0.05, 0) is 89.9 Å². The van der Waals surface area contributed by atoms with Gasteiger partial charge in [-0.2, -0.15) is 0 Å². The van der Waals surface area contributed by atoms with Crippen molar-refractivity contribution in [3.8, 4) is 0 Å².